The quantitative estimate of drug-likeness (QED) is 0.303. The lowest BCUT2D eigenvalue weighted by atomic mass is 10.4. The topological polar surface area (TPSA) is 127 Å². The van der Waals surface area contributed by atoms with Crippen LogP contribution in [-0.2, 0) is 11.1 Å². The summed E-state index contributed by atoms with van der Waals surface area (Å²) >= 11 is -1.69. The number of rotatable bonds is 8. The van der Waals surface area contributed by atoms with Crippen LogP contribution < -0.4 is 5.73 Å². The van der Waals surface area contributed by atoms with Crippen molar-refractivity contribution in [3.63, 3.8) is 0 Å². The van der Waals surface area contributed by atoms with Gasteiger partial charge in [0, 0.05) is 26.2 Å². The number of aliphatic hydroxyl groups is 3. The predicted octanol–water partition coefficient (Wildman–Crippen LogP) is -2.57. The monoisotopic (exact) mass is 258 g/mol. The molecule has 0 rings (SSSR count). The first kappa shape index (κ1) is 18.3. The molecule has 7 nitrogen and oxygen atoms in total. The molecular weight excluding hydrogens is 236 g/mol. The van der Waals surface area contributed by atoms with Gasteiger partial charge in [-0.1, -0.05) is 0 Å². The Kier molecular flexibility index (Phi) is 17.0. The van der Waals surface area contributed by atoms with E-state index >= 15 is 0 Å². The summed E-state index contributed by atoms with van der Waals surface area (Å²) in [5.74, 6) is 0.181. The highest BCUT2D eigenvalue weighted by Crippen LogP contribution is 1.84. The lowest BCUT2D eigenvalue weighted by Crippen LogP contribution is -2.32. The number of hydrogen-bond acceptors (Lipinski definition) is 6. The minimum atomic E-state index is -1.69. The Morgan fingerprint density at radius 2 is 1.38 bits per heavy atom. The largest absolute Gasteiger partial charge is 0.395 e. The van der Waals surface area contributed by atoms with Gasteiger partial charge in [-0.3, -0.25) is 4.90 Å². The molecule has 0 aliphatic heterocycles. The highest BCUT2D eigenvalue weighted by molar-refractivity contribution is 7.79. The minimum absolute atomic E-state index is 0.0694. The van der Waals surface area contributed by atoms with Crippen molar-refractivity contribution in [3.05, 3.63) is 0 Å². The third-order valence-corrected chi connectivity index (χ3v) is 2.13. The molecule has 100 valence electrons. The highest BCUT2D eigenvalue weighted by atomic mass is 32.2. The van der Waals surface area contributed by atoms with Crippen LogP contribution in [0.5, 0.6) is 0 Å². The third kappa shape index (κ3) is 16.3. The van der Waals surface area contributed by atoms with Gasteiger partial charge in [0.05, 0.1) is 25.6 Å². The molecule has 0 bridgehead atoms. The van der Waals surface area contributed by atoms with Crippen LogP contribution in [0.4, 0.5) is 0 Å². The van der Waals surface area contributed by atoms with Crippen LogP contribution in [0, 0.1) is 0 Å². The van der Waals surface area contributed by atoms with Crippen molar-refractivity contribution in [2.24, 2.45) is 5.73 Å². The first-order valence-electron chi connectivity index (χ1n) is 4.94. The molecule has 1 atom stereocenters. The molecule has 6 N–H and O–H groups in total. The smallest absolute Gasteiger partial charge is 0.154 e. The molecule has 0 aromatic rings. The van der Waals surface area contributed by atoms with Crippen LogP contribution in [0.15, 0.2) is 0 Å². The van der Waals surface area contributed by atoms with Crippen molar-refractivity contribution in [1.82, 2.24) is 4.90 Å². The van der Waals surface area contributed by atoms with Gasteiger partial charge in [0.25, 0.3) is 0 Å². The van der Waals surface area contributed by atoms with E-state index in [9.17, 15) is 4.21 Å². The number of aliphatic hydroxyl groups excluding tert-OH is 3. The van der Waals surface area contributed by atoms with Crippen molar-refractivity contribution in [2.45, 2.75) is 0 Å². The van der Waals surface area contributed by atoms with E-state index in [0.717, 1.165) is 0 Å². The van der Waals surface area contributed by atoms with Gasteiger partial charge in [-0.15, -0.1) is 0 Å². The van der Waals surface area contributed by atoms with E-state index in [1.165, 1.54) is 0 Å². The zero-order valence-corrected chi connectivity index (χ0v) is 10.1. The molecule has 1 unspecified atom stereocenters. The summed E-state index contributed by atoms with van der Waals surface area (Å²) in [5, 5.41) is 25.5. The third-order valence-electron chi connectivity index (χ3n) is 1.54. The van der Waals surface area contributed by atoms with Gasteiger partial charge in [-0.2, -0.15) is 0 Å². The van der Waals surface area contributed by atoms with Crippen molar-refractivity contribution in [2.75, 3.05) is 51.8 Å². The van der Waals surface area contributed by atoms with E-state index in [1.54, 1.807) is 4.90 Å². The first-order chi connectivity index (χ1) is 7.62. The second kappa shape index (κ2) is 14.9. The summed E-state index contributed by atoms with van der Waals surface area (Å²) in [6.07, 6.45) is 0. The van der Waals surface area contributed by atoms with E-state index in [2.05, 4.69) is 0 Å². The minimum Gasteiger partial charge on any atom is -0.395 e. The Hall–Kier alpha value is -0.0900. The molecule has 8 heteroatoms. The average molecular weight is 258 g/mol. The second-order valence-corrected chi connectivity index (χ2v) is 3.88. The fourth-order valence-electron chi connectivity index (χ4n) is 0.860. The van der Waals surface area contributed by atoms with E-state index in [-0.39, 0.29) is 32.1 Å². The van der Waals surface area contributed by atoms with Crippen LogP contribution in [0.1, 0.15) is 0 Å². The van der Waals surface area contributed by atoms with Gasteiger partial charge in [-0.05, 0) is 0 Å². The molecular formula is C8H22N2O5S. The normalized spacial score (nSPS) is 12.1. The van der Waals surface area contributed by atoms with Crippen molar-refractivity contribution < 1.29 is 24.1 Å². The lowest BCUT2D eigenvalue weighted by molar-refractivity contribution is 0.136. The van der Waals surface area contributed by atoms with E-state index < -0.39 is 11.1 Å². The molecule has 0 saturated heterocycles. The lowest BCUT2D eigenvalue weighted by Gasteiger charge is -2.17. The van der Waals surface area contributed by atoms with E-state index in [0.29, 0.717) is 19.6 Å². The van der Waals surface area contributed by atoms with Crippen LogP contribution in [0.25, 0.3) is 0 Å². The summed E-state index contributed by atoms with van der Waals surface area (Å²) in [4.78, 5) is 1.79. The highest BCUT2D eigenvalue weighted by Gasteiger charge is 2.00. The maximum Gasteiger partial charge on any atom is 0.154 e. The van der Waals surface area contributed by atoms with Crippen LogP contribution >= 0.6 is 0 Å². The van der Waals surface area contributed by atoms with Crippen LogP contribution in [0.3, 0.4) is 0 Å². The van der Waals surface area contributed by atoms with Crippen molar-refractivity contribution in [3.8, 4) is 0 Å². The Morgan fingerprint density at radius 3 is 1.50 bits per heavy atom. The van der Waals surface area contributed by atoms with Crippen LogP contribution in [0.2, 0.25) is 0 Å². The molecule has 0 fully saturated rings. The zero-order chi connectivity index (χ0) is 12.8. The summed E-state index contributed by atoms with van der Waals surface area (Å²) in [5.41, 5.74) is 4.88. The average Bonchev–Trinajstić information content (AvgIpc) is 2.19. The first-order valence-corrected chi connectivity index (χ1v) is 6.22. The summed E-state index contributed by atoms with van der Waals surface area (Å²) in [7, 11) is 0. The Bertz CT molecular complexity index is 147. The summed E-state index contributed by atoms with van der Waals surface area (Å²) in [6, 6.07) is 0. The SMILES string of the molecule is NCCS(=O)O.OCCN(CCO)CCO. The van der Waals surface area contributed by atoms with E-state index in [4.69, 9.17) is 25.6 Å². The standard InChI is InChI=1S/C6H15NO3.C2H7NO2S/c8-4-1-7(2-5-9)3-6-10;3-1-2-6(4)5/h8-10H,1-6H2;1-3H2,(H,4,5). The molecule has 0 aromatic carbocycles. The maximum absolute atomic E-state index is 9.63. The van der Waals surface area contributed by atoms with Gasteiger partial charge in [-0.25, -0.2) is 4.21 Å². The molecule has 0 aliphatic rings. The predicted molar refractivity (Wildman–Crippen MR) is 62.4 cm³/mol. The molecule has 0 heterocycles. The molecule has 0 saturated carbocycles. The summed E-state index contributed by atoms with van der Waals surface area (Å²) in [6.45, 7) is 2.03. The van der Waals surface area contributed by atoms with Gasteiger partial charge in [0.2, 0.25) is 0 Å². The summed E-state index contributed by atoms with van der Waals surface area (Å²) < 4.78 is 17.6. The van der Waals surface area contributed by atoms with E-state index in [1.807, 2.05) is 0 Å². The fraction of sp³-hybridized carbons (Fsp3) is 1.00. The number of nitrogens with two attached hydrogens (primary N) is 1. The number of hydrogen-bond donors (Lipinski definition) is 5. The van der Waals surface area contributed by atoms with Gasteiger partial charge >= 0.3 is 0 Å². The van der Waals surface area contributed by atoms with Gasteiger partial charge < -0.3 is 25.6 Å². The van der Waals surface area contributed by atoms with Crippen molar-refractivity contribution >= 4 is 11.1 Å². The van der Waals surface area contributed by atoms with Crippen molar-refractivity contribution in [1.29, 1.82) is 0 Å². The molecule has 0 aliphatic carbocycles. The maximum atomic E-state index is 9.63. The second-order valence-electron chi connectivity index (χ2n) is 2.83. The fourth-order valence-corrected chi connectivity index (χ4v) is 1.06. The Labute approximate surface area is 98.2 Å². The molecule has 0 amide bonds. The molecule has 0 spiro atoms. The Balaban J connectivity index is 0. The molecule has 0 aromatic heterocycles. The van der Waals surface area contributed by atoms with Crippen LogP contribution in [-0.4, -0.2) is 80.7 Å². The number of nitrogens with zero attached hydrogens (tertiary/aromatic N) is 1. The Morgan fingerprint density at radius 1 is 1.00 bits per heavy atom. The molecule has 0 radical (unpaired) electrons. The zero-order valence-electron chi connectivity index (χ0n) is 9.29. The van der Waals surface area contributed by atoms with Gasteiger partial charge in [0.15, 0.2) is 11.1 Å². The van der Waals surface area contributed by atoms with Gasteiger partial charge in [0.1, 0.15) is 0 Å². The molecule has 16 heavy (non-hydrogen) atoms.